The van der Waals surface area contributed by atoms with Crippen molar-refractivity contribution >= 4 is 0 Å². The van der Waals surface area contributed by atoms with Crippen LogP contribution in [0.3, 0.4) is 0 Å². The van der Waals surface area contributed by atoms with E-state index in [2.05, 4.69) is 33.1 Å². The molecule has 2 unspecified atom stereocenters. The first-order chi connectivity index (χ1) is 8.52. The quantitative estimate of drug-likeness (QED) is 0.831. The fourth-order valence-corrected chi connectivity index (χ4v) is 4.04. The third kappa shape index (κ3) is 3.27. The molecule has 0 amide bonds. The van der Waals surface area contributed by atoms with E-state index >= 15 is 0 Å². The van der Waals surface area contributed by atoms with E-state index in [9.17, 15) is 0 Å². The Morgan fingerprint density at radius 1 is 1.00 bits per heavy atom. The van der Waals surface area contributed by atoms with Crippen LogP contribution in [0.25, 0.3) is 0 Å². The Morgan fingerprint density at radius 2 is 1.67 bits per heavy atom. The maximum Gasteiger partial charge on any atom is 0.0510 e. The number of hydrogen-bond donors (Lipinski definition) is 1. The summed E-state index contributed by atoms with van der Waals surface area (Å²) >= 11 is 0. The summed E-state index contributed by atoms with van der Waals surface area (Å²) in [6.45, 7) is 9.15. The van der Waals surface area contributed by atoms with E-state index in [1.165, 1.54) is 32.1 Å². The summed E-state index contributed by atoms with van der Waals surface area (Å²) in [5, 5.41) is 3.59. The van der Waals surface area contributed by atoms with Crippen LogP contribution >= 0.6 is 0 Å². The van der Waals surface area contributed by atoms with Crippen molar-refractivity contribution in [3.05, 3.63) is 0 Å². The largest absolute Gasteiger partial charge is 0.381 e. The highest BCUT2D eigenvalue weighted by molar-refractivity contribution is 4.89. The van der Waals surface area contributed by atoms with Gasteiger partial charge in [0.05, 0.1) is 6.61 Å². The Labute approximate surface area is 113 Å². The summed E-state index contributed by atoms with van der Waals surface area (Å²) in [5.41, 5.74) is 0.497. The van der Waals surface area contributed by atoms with Crippen LogP contribution in [0, 0.1) is 23.2 Å². The van der Waals surface area contributed by atoms with Crippen LogP contribution in [0.15, 0.2) is 0 Å². The van der Waals surface area contributed by atoms with Crippen molar-refractivity contribution in [2.75, 3.05) is 20.3 Å². The second kappa shape index (κ2) is 5.92. The zero-order valence-electron chi connectivity index (χ0n) is 12.7. The summed E-state index contributed by atoms with van der Waals surface area (Å²) in [6, 6.07) is 0.688. The van der Waals surface area contributed by atoms with Gasteiger partial charge in [-0.05, 0) is 56.4 Å². The van der Waals surface area contributed by atoms with Crippen molar-refractivity contribution in [2.45, 2.75) is 58.9 Å². The van der Waals surface area contributed by atoms with Crippen LogP contribution < -0.4 is 5.32 Å². The highest BCUT2D eigenvalue weighted by Gasteiger charge is 2.36. The van der Waals surface area contributed by atoms with Crippen LogP contribution in [-0.4, -0.2) is 26.3 Å². The molecule has 1 aliphatic carbocycles. The monoisotopic (exact) mass is 253 g/mol. The second-order valence-corrected chi connectivity index (χ2v) is 7.42. The van der Waals surface area contributed by atoms with Gasteiger partial charge in [-0.2, -0.15) is 0 Å². The minimum atomic E-state index is 0.497. The average Bonchev–Trinajstić information content (AvgIpc) is 2.83. The van der Waals surface area contributed by atoms with E-state index in [4.69, 9.17) is 4.74 Å². The molecule has 2 aliphatic rings. The van der Waals surface area contributed by atoms with E-state index in [1.54, 1.807) is 0 Å². The van der Waals surface area contributed by atoms with Gasteiger partial charge >= 0.3 is 0 Å². The molecule has 1 saturated heterocycles. The molecule has 2 atom stereocenters. The van der Waals surface area contributed by atoms with E-state index in [-0.39, 0.29) is 0 Å². The van der Waals surface area contributed by atoms with Crippen LogP contribution in [0.5, 0.6) is 0 Å². The number of hydrogen-bond acceptors (Lipinski definition) is 2. The van der Waals surface area contributed by atoms with Gasteiger partial charge < -0.3 is 10.1 Å². The van der Waals surface area contributed by atoms with Crippen LogP contribution in [0.2, 0.25) is 0 Å². The summed E-state index contributed by atoms with van der Waals surface area (Å²) in [6.07, 6.45) is 6.90. The van der Waals surface area contributed by atoms with Crippen molar-refractivity contribution in [1.29, 1.82) is 0 Å². The van der Waals surface area contributed by atoms with Gasteiger partial charge in [0.15, 0.2) is 0 Å². The zero-order valence-corrected chi connectivity index (χ0v) is 12.7. The highest BCUT2D eigenvalue weighted by atomic mass is 16.5. The molecular weight excluding hydrogens is 222 g/mol. The summed E-state index contributed by atoms with van der Waals surface area (Å²) < 4.78 is 5.57. The first kappa shape index (κ1) is 14.3. The van der Waals surface area contributed by atoms with E-state index in [0.717, 1.165) is 31.0 Å². The predicted molar refractivity (Wildman–Crippen MR) is 76.7 cm³/mol. The maximum absolute atomic E-state index is 5.57. The van der Waals surface area contributed by atoms with E-state index in [1.807, 2.05) is 0 Å². The fourth-order valence-electron chi connectivity index (χ4n) is 4.04. The van der Waals surface area contributed by atoms with E-state index < -0.39 is 0 Å². The number of ether oxygens (including phenoxy) is 1. The summed E-state index contributed by atoms with van der Waals surface area (Å²) in [7, 11) is 2.14. The number of rotatable bonds is 3. The molecule has 2 heteroatoms. The molecule has 0 aromatic rings. The second-order valence-electron chi connectivity index (χ2n) is 7.42. The molecule has 1 heterocycles. The Morgan fingerprint density at radius 3 is 2.11 bits per heavy atom. The van der Waals surface area contributed by atoms with Crippen molar-refractivity contribution in [3.8, 4) is 0 Å². The molecule has 1 saturated carbocycles. The van der Waals surface area contributed by atoms with Gasteiger partial charge in [0, 0.05) is 18.6 Å². The lowest BCUT2D eigenvalue weighted by atomic mass is 9.67. The van der Waals surface area contributed by atoms with Crippen LogP contribution in [0.1, 0.15) is 52.9 Å². The molecule has 0 aromatic carbocycles. The standard InChI is InChI=1S/C16H31NO/c1-16(2,3)14-7-5-12(6-8-14)15(17-4)13-9-10-18-11-13/h12-15,17H,5-11H2,1-4H3. The zero-order chi connectivity index (χ0) is 13.2. The molecule has 0 aromatic heterocycles. The molecular formula is C16H31NO. The van der Waals surface area contributed by atoms with Gasteiger partial charge in [0.2, 0.25) is 0 Å². The maximum atomic E-state index is 5.57. The molecule has 1 N–H and O–H groups in total. The predicted octanol–water partition coefficient (Wildman–Crippen LogP) is 3.46. The summed E-state index contributed by atoms with van der Waals surface area (Å²) in [5.74, 6) is 2.55. The smallest absolute Gasteiger partial charge is 0.0510 e. The minimum absolute atomic E-state index is 0.497. The lowest BCUT2D eigenvalue weighted by Gasteiger charge is -2.40. The lowest BCUT2D eigenvalue weighted by molar-refractivity contribution is 0.111. The third-order valence-electron chi connectivity index (χ3n) is 5.31. The van der Waals surface area contributed by atoms with Crippen LogP contribution in [0.4, 0.5) is 0 Å². The Kier molecular flexibility index (Phi) is 4.71. The average molecular weight is 253 g/mol. The molecule has 106 valence electrons. The van der Waals surface area contributed by atoms with Crippen molar-refractivity contribution < 1.29 is 4.74 Å². The van der Waals surface area contributed by atoms with Crippen molar-refractivity contribution in [1.82, 2.24) is 5.32 Å². The normalized spacial score (nSPS) is 35.7. The fraction of sp³-hybridized carbons (Fsp3) is 1.00. The molecule has 2 rings (SSSR count). The van der Waals surface area contributed by atoms with Gasteiger partial charge in [-0.15, -0.1) is 0 Å². The van der Waals surface area contributed by atoms with Gasteiger partial charge in [0.1, 0.15) is 0 Å². The SMILES string of the molecule is CNC(C1CCC(C(C)(C)C)CC1)C1CCOC1. The highest BCUT2D eigenvalue weighted by Crippen LogP contribution is 2.42. The first-order valence-electron chi connectivity index (χ1n) is 7.77. The van der Waals surface area contributed by atoms with Crippen molar-refractivity contribution in [3.63, 3.8) is 0 Å². The minimum Gasteiger partial charge on any atom is -0.381 e. The molecule has 1 aliphatic heterocycles. The van der Waals surface area contributed by atoms with Crippen molar-refractivity contribution in [2.24, 2.45) is 23.2 Å². The van der Waals surface area contributed by atoms with Gasteiger partial charge in [-0.25, -0.2) is 0 Å². The Balaban J connectivity index is 1.87. The molecule has 18 heavy (non-hydrogen) atoms. The van der Waals surface area contributed by atoms with Gasteiger partial charge in [-0.3, -0.25) is 0 Å². The molecule has 2 fully saturated rings. The molecule has 2 nitrogen and oxygen atoms in total. The molecule has 0 bridgehead atoms. The molecule has 0 spiro atoms. The summed E-state index contributed by atoms with van der Waals surface area (Å²) in [4.78, 5) is 0. The van der Waals surface area contributed by atoms with E-state index in [0.29, 0.717) is 11.5 Å². The third-order valence-corrected chi connectivity index (χ3v) is 5.31. The topological polar surface area (TPSA) is 21.3 Å². The first-order valence-corrected chi connectivity index (χ1v) is 7.77. The number of nitrogens with one attached hydrogen (secondary N) is 1. The van der Waals surface area contributed by atoms with Crippen LogP contribution in [-0.2, 0) is 4.74 Å². The lowest BCUT2D eigenvalue weighted by Crippen LogP contribution is -2.43. The van der Waals surface area contributed by atoms with Gasteiger partial charge in [0.25, 0.3) is 0 Å². The Hall–Kier alpha value is -0.0800. The molecule has 0 radical (unpaired) electrons. The van der Waals surface area contributed by atoms with Gasteiger partial charge in [-0.1, -0.05) is 20.8 Å². The Bertz CT molecular complexity index is 244.